The van der Waals surface area contributed by atoms with Crippen molar-refractivity contribution in [2.24, 2.45) is 0 Å². The minimum Gasteiger partial charge on any atom is -0.494 e. The van der Waals surface area contributed by atoms with Crippen LogP contribution in [0.2, 0.25) is 5.02 Å². The van der Waals surface area contributed by atoms with Crippen molar-refractivity contribution in [1.82, 2.24) is 0 Å². The van der Waals surface area contributed by atoms with E-state index >= 15 is 0 Å². The van der Waals surface area contributed by atoms with E-state index in [4.69, 9.17) is 25.6 Å². The third kappa shape index (κ3) is 2.97. The standard InChI is InChI=1S/C15H22BClO3/c1-6-9-18-13-8-7-11(17)10-12(13)16-19-14(2,3)15(4,5)20-16/h7-8,10H,6,9H2,1-5H3. The molecule has 1 aromatic carbocycles. The molecule has 0 unspecified atom stereocenters. The molecule has 20 heavy (non-hydrogen) atoms. The minimum atomic E-state index is -0.453. The molecular formula is C15H22BClO3. The fourth-order valence-corrected chi connectivity index (χ4v) is 2.20. The van der Waals surface area contributed by atoms with Crippen LogP contribution in [0.15, 0.2) is 18.2 Å². The van der Waals surface area contributed by atoms with Gasteiger partial charge in [0.25, 0.3) is 0 Å². The van der Waals surface area contributed by atoms with E-state index in [0.717, 1.165) is 17.6 Å². The maximum absolute atomic E-state index is 6.10. The lowest BCUT2D eigenvalue weighted by Gasteiger charge is -2.32. The van der Waals surface area contributed by atoms with Gasteiger partial charge in [-0.15, -0.1) is 0 Å². The van der Waals surface area contributed by atoms with Crippen LogP contribution in [0.1, 0.15) is 41.0 Å². The topological polar surface area (TPSA) is 27.7 Å². The number of ether oxygens (including phenoxy) is 1. The van der Waals surface area contributed by atoms with Gasteiger partial charge in [-0.25, -0.2) is 0 Å². The second kappa shape index (κ2) is 5.59. The lowest BCUT2D eigenvalue weighted by molar-refractivity contribution is 0.00578. The number of halogens is 1. The van der Waals surface area contributed by atoms with Crippen molar-refractivity contribution in [3.8, 4) is 5.75 Å². The highest BCUT2D eigenvalue weighted by Crippen LogP contribution is 2.37. The Hall–Kier alpha value is -0.705. The number of hydrogen-bond acceptors (Lipinski definition) is 3. The van der Waals surface area contributed by atoms with E-state index < -0.39 is 7.12 Å². The Balaban J connectivity index is 2.31. The Morgan fingerprint density at radius 2 is 1.75 bits per heavy atom. The normalized spacial score (nSPS) is 20.2. The molecular weight excluding hydrogens is 274 g/mol. The Bertz CT molecular complexity index is 472. The van der Waals surface area contributed by atoms with Gasteiger partial charge < -0.3 is 14.0 Å². The molecule has 0 spiro atoms. The number of rotatable bonds is 4. The van der Waals surface area contributed by atoms with Gasteiger partial charge in [0.2, 0.25) is 0 Å². The summed E-state index contributed by atoms with van der Waals surface area (Å²) in [6.07, 6.45) is 0.950. The molecule has 0 radical (unpaired) electrons. The molecule has 0 aliphatic carbocycles. The lowest BCUT2D eigenvalue weighted by atomic mass is 9.78. The summed E-state index contributed by atoms with van der Waals surface area (Å²) in [5.41, 5.74) is 0.105. The van der Waals surface area contributed by atoms with E-state index in [1.54, 1.807) is 0 Å². The second-order valence-corrected chi connectivity index (χ2v) is 6.56. The summed E-state index contributed by atoms with van der Waals surface area (Å²) in [5.74, 6) is 0.773. The summed E-state index contributed by atoms with van der Waals surface area (Å²) >= 11 is 6.10. The molecule has 1 fully saturated rings. The van der Waals surface area contributed by atoms with Gasteiger partial charge in [0.1, 0.15) is 5.75 Å². The fourth-order valence-electron chi connectivity index (χ4n) is 2.02. The van der Waals surface area contributed by atoms with Crippen molar-refractivity contribution in [2.45, 2.75) is 52.2 Å². The first-order chi connectivity index (χ1) is 9.27. The van der Waals surface area contributed by atoms with Gasteiger partial charge in [0.15, 0.2) is 0 Å². The fraction of sp³-hybridized carbons (Fsp3) is 0.600. The summed E-state index contributed by atoms with van der Waals surface area (Å²) in [5, 5.41) is 0.651. The van der Waals surface area contributed by atoms with Crippen LogP contribution in [0, 0.1) is 0 Å². The molecule has 1 aliphatic rings. The monoisotopic (exact) mass is 296 g/mol. The summed E-state index contributed by atoms with van der Waals surface area (Å²) in [4.78, 5) is 0. The van der Waals surface area contributed by atoms with Crippen LogP contribution in [0.5, 0.6) is 5.75 Å². The molecule has 2 rings (SSSR count). The highest BCUT2D eigenvalue weighted by atomic mass is 35.5. The molecule has 110 valence electrons. The molecule has 1 aromatic rings. The molecule has 0 N–H and O–H groups in total. The molecule has 0 amide bonds. The first-order valence-corrected chi connectivity index (χ1v) is 7.42. The van der Waals surface area contributed by atoms with Gasteiger partial charge in [0.05, 0.1) is 17.8 Å². The van der Waals surface area contributed by atoms with E-state index in [9.17, 15) is 0 Å². The smallest absolute Gasteiger partial charge is 0.494 e. The zero-order chi connectivity index (χ0) is 15.0. The van der Waals surface area contributed by atoms with E-state index in [-0.39, 0.29) is 11.2 Å². The summed E-state index contributed by atoms with van der Waals surface area (Å²) in [6, 6.07) is 5.55. The first-order valence-electron chi connectivity index (χ1n) is 7.05. The molecule has 5 heteroatoms. The zero-order valence-electron chi connectivity index (χ0n) is 12.8. The van der Waals surface area contributed by atoms with Gasteiger partial charge in [-0.2, -0.15) is 0 Å². The van der Waals surface area contributed by atoms with E-state index in [1.807, 2.05) is 45.9 Å². The Labute approximate surface area is 126 Å². The Morgan fingerprint density at radius 1 is 1.15 bits per heavy atom. The predicted molar refractivity (Wildman–Crippen MR) is 83.0 cm³/mol. The van der Waals surface area contributed by atoms with Crippen molar-refractivity contribution >= 4 is 24.2 Å². The average Bonchev–Trinajstić information content (AvgIpc) is 2.57. The van der Waals surface area contributed by atoms with Crippen LogP contribution in [0.25, 0.3) is 0 Å². The average molecular weight is 297 g/mol. The first kappa shape index (κ1) is 15.7. The largest absolute Gasteiger partial charge is 0.498 e. The molecule has 1 heterocycles. The van der Waals surface area contributed by atoms with Crippen molar-refractivity contribution < 1.29 is 14.0 Å². The summed E-state index contributed by atoms with van der Waals surface area (Å²) in [7, 11) is -0.453. The van der Waals surface area contributed by atoms with Crippen LogP contribution in [-0.4, -0.2) is 24.9 Å². The van der Waals surface area contributed by atoms with Crippen LogP contribution in [0.4, 0.5) is 0 Å². The third-order valence-corrected chi connectivity index (χ3v) is 4.18. The SMILES string of the molecule is CCCOc1ccc(Cl)cc1B1OC(C)(C)C(C)(C)O1. The molecule has 0 aromatic heterocycles. The number of hydrogen-bond donors (Lipinski definition) is 0. The van der Waals surface area contributed by atoms with E-state index in [0.29, 0.717) is 11.6 Å². The van der Waals surface area contributed by atoms with Crippen LogP contribution in [0.3, 0.4) is 0 Å². The predicted octanol–water partition coefficient (Wildman–Crippen LogP) is 3.43. The lowest BCUT2D eigenvalue weighted by Crippen LogP contribution is -2.41. The van der Waals surface area contributed by atoms with E-state index in [1.165, 1.54) is 0 Å². The zero-order valence-corrected chi connectivity index (χ0v) is 13.6. The Kier molecular flexibility index (Phi) is 4.38. The van der Waals surface area contributed by atoms with Crippen LogP contribution < -0.4 is 10.2 Å². The highest BCUT2D eigenvalue weighted by molar-refractivity contribution is 6.63. The summed E-state index contributed by atoms with van der Waals surface area (Å²) in [6.45, 7) is 10.9. The van der Waals surface area contributed by atoms with Gasteiger partial charge >= 0.3 is 7.12 Å². The van der Waals surface area contributed by atoms with Gasteiger partial charge in [-0.05, 0) is 52.3 Å². The second-order valence-electron chi connectivity index (χ2n) is 6.12. The van der Waals surface area contributed by atoms with Crippen molar-refractivity contribution in [3.05, 3.63) is 23.2 Å². The van der Waals surface area contributed by atoms with Crippen molar-refractivity contribution in [2.75, 3.05) is 6.61 Å². The molecule has 0 bridgehead atoms. The highest BCUT2D eigenvalue weighted by Gasteiger charge is 2.52. The molecule has 0 saturated carbocycles. The molecule has 1 saturated heterocycles. The van der Waals surface area contributed by atoms with Crippen molar-refractivity contribution in [3.63, 3.8) is 0 Å². The van der Waals surface area contributed by atoms with Crippen LogP contribution in [-0.2, 0) is 9.31 Å². The number of benzene rings is 1. The minimum absolute atomic E-state index is 0.373. The Morgan fingerprint density at radius 3 is 2.30 bits per heavy atom. The van der Waals surface area contributed by atoms with Crippen LogP contribution >= 0.6 is 11.6 Å². The third-order valence-electron chi connectivity index (χ3n) is 3.94. The van der Waals surface area contributed by atoms with Gasteiger partial charge in [-0.3, -0.25) is 0 Å². The maximum atomic E-state index is 6.10. The molecule has 3 nitrogen and oxygen atoms in total. The molecule has 1 aliphatic heterocycles. The summed E-state index contributed by atoms with van der Waals surface area (Å²) < 4.78 is 17.9. The van der Waals surface area contributed by atoms with Crippen molar-refractivity contribution in [1.29, 1.82) is 0 Å². The quantitative estimate of drug-likeness (QED) is 0.797. The van der Waals surface area contributed by atoms with Gasteiger partial charge in [-0.1, -0.05) is 18.5 Å². The van der Waals surface area contributed by atoms with Gasteiger partial charge in [0, 0.05) is 10.5 Å². The maximum Gasteiger partial charge on any atom is 0.498 e. The molecule has 0 atom stereocenters. The van der Waals surface area contributed by atoms with E-state index in [2.05, 4.69) is 6.92 Å².